The van der Waals surface area contributed by atoms with E-state index >= 15 is 0 Å². The molecule has 2 aromatic rings. The molecule has 0 saturated carbocycles. The van der Waals surface area contributed by atoms with Gasteiger partial charge in [0.2, 0.25) is 0 Å². The van der Waals surface area contributed by atoms with Gasteiger partial charge in [0.05, 0.1) is 17.6 Å². The van der Waals surface area contributed by atoms with Gasteiger partial charge in [-0.05, 0) is 43.2 Å². The maximum atomic E-state index is 11.0. The number of rotatable bonds is 3. The summed E-state index contributed by atoms with van der Waals surface area (Å²) in [5.74, 6) is 0.760. The fourth-order valence-corrected chi connectivity index (χ4v) is 2.27. The molecule has 0 aromatic heterocycles. The van der Waals surface area contributed by atoms with Gasteiger partial charge in [0.25, 0.3) is 5.69 Å². The minimum absolute atomic E-state index is 0.0412. The second kappa shape index (κ2) is 5.63. The summed E-state index contributed by atoms with van der Waals surface area (Å²) >= 11 is 0. The van der Waals surface area contributed by atoms with Crippen molar-refractivity contribution >= 4 is 5.69 Å². The SMILES string of the molecule is COc1ccc(-c2cc(C)c([N+](=O)[O-])cc2C#N)cc1C. The van der Waals surface area contributed by atoms with Crippen molar-refractivity contribution in [1.29, 1.82) is 5.26 Å². The summed E-state index contributed by atoms with van der Waals surface area (Å²) in [6.45, 7) is 3.58. The normalized spacial score (nSPS) is 10.0. The first-order chi connectivity index (χ1) is 9.97. The highest BCUT2D eigenvalue weighted by Gasteiger charge is 2.16. The Morgan fingerprint density at radius 3 is 2.43 bits per heavy atom. The monoisotopic (exact) mass is 282 g/mol. The number of hydrogen-bond acceptors (Lipinski definition) is 4. The number of nitro groups is 1. The van der Waals surface area contributed by atoms with Crippen LogP contribution in [0, 0.1) is 35.3 Å². The summed E-state index contributed by atoms with van der Waals surface area (Å²) in [5.41, 5.74) is 3.24. The van der Waals surface area contributed by atoms with Crippen molar-refractivity contribution in [3.63, 3.8) is 0 Å². The standard InChI is InChI=1S/C16H14N2O3/c1-10-7-14(13(9-17)8-15(10)18(19)20)12-4-5-16(21-3)11(2)6-12/h4-8H,1-3H3. The summed E-state index contributed by atoms with van der Waals surface area (Å²) in [6, 6.07) is 10.6. The molecule has 0 aliphatic rings. The lowest BCUT2D eigenvalue weighted by Gasteiger charge is -2.10. The highest BCUT2D eigenvalue weighted by Crippen LogP contribution is 2.32. The molecule has 0 bridgehead atoms. The van der Waals surface area contributed by atoms with Crippen molar-refractivity contribution < 1.29 is 9.66 Å². The van der Waals surface area contributed by atoms with E-state index in [2.05, 4.69) is 0 Å². The minimum atomic E-state index is -0.473. The molecule has 0 fully saturated rings. The summed E-state index contributed by atoms with van der Waals surface area (Å²) < 4.78 is 5.21. The zero-order valence-corrected chi connectivity index (χ0v) is 12.0. The van der Waals surface area contributed by atoms with Crippen LogP contribution in [0.15, 0.2) is 30.3 Å². The van der Waals surface area contributed by atoms with Gasteiger partial charge < -0.3 is 4.74 Å². The largest absolute Gasteiger partial charge is 0.496 e. The highest BCUT2D eigenvalue weighted by molar-refractivity contribution is 5.74. The van der Waals surface area contributed by atoms with Crippen LogP contribution in [0.2, 0.25) is 0 Å². The Morgan fingerprint density at radius 1 is 1.19 bits per heavy atom. The quantitative estimate of drug-likeness (QED) is 0.634. The van der Waals surface area contributed by atoms with Crippen LogP contribution in [-0.2, 0) is 0 Å². The van der Waals surface area contributed by atoms with Gasteiger partial charge in [-0.3, -0.25) is 10.1 Å². The number of aryl methyl sites for hydroxylation is 2. The molecule has 0 atom stereocenters. The molecule has 0 aliphatic carbocycles. The number of nitro benzene ring substituents is 1. The van der Waals surface area contributed by atoms with Crippen LogP contribution in [0.25, 0.3) is 11.1 Å². The summed E-state index contributed by atoms with van der Waals surface area (Å²) in [4.78, 5) is 10.5. The first-order valence-electron chi connectivity index (χ1n) is 6.32. The third kappa shape index (κ3) is 2.70. The Labute approximate surface area is 122 Å². The molecular weight excluding hydrogens is 268 g/mol. The van der Waals surface area contributed by atoms with Crippen molar-refractivity contribution in [2.24, 2.45) is 0 Å². The molecule has 0 saturated heterocycles. The maximum Gasteiger partial charge on any atom is 0.273 e. The van der Waals surface area contributed by atoms with Crippen molar-refractivity contribution in [2.75, 3.05) is 7.11 Å². The molecule has 5 nitrogen and oxygen atoms in total. The molecule has 0 amide bonds. The predicted molar refractivity (Wildman–Crippen MR) is 79.3 cm³/mol. The lowest BCUT2D eigenvalue weighted by atomic mass is 9.96. The van der Waals surface area contributed by atoms with E-state index < -0.39 is 4.92 Å². The fraction of sp³-hybridized carbons (Fsp3) is 0.188. The molecule has 0 heterocycles. The molecule has 5 heteroatoms. The van der Waals surface area contributed by atoms with E-state index in [1.54, 1.807) is 20.1 Å². The van der Waals surface area contributed by atoms with Crippen LogP contribution in [0.3, 0.4) is 0 Å². The second-order valence-corrected chi connectivity index (χ2v) is 4.74. The molecule has 0 N–H and O–H groups in total. The zero-order chi connectivity index (χ0) is 15.6. The Kier molecular flexibility index (Phi) is 3.90. The lowest BCUT2D eigenvalue weighted by Crippen LogP contribution is -1.95. The average Bonchev–Trinajstić information content (AvgIpc) is 2.46. The number of nitriles is 1. The number of benzene rings is 2. The summed E-state index contributed by atoms with van der Waals surface area (Å²) in [7, 11) is 1.60. The summed E-state index contributed by atoms with van der Waals surface area (Å²) in [6.07, 6.45) is 0. The third-order valence-electron chi connectivity index (χ3n) is 3.36. The first kappa shape index (κ1) is 14.5. The van der Waals surface area contributed by atoms with Crippen LogP contribution in [-0.4, -0.2) is 12.0 Å². The van der Waals surface area contributed by atoms with Gasteiger partial charge in [0.1, 0.15) is 11.8 Å². The van der Waals surface area contributed by atoms with Gasteiger partial charge in [-0.1, -0.05) is 6.07 Å². The second-order valence-electron chi connectivity index (χ2n) is 4.74. The Hall–Kier alpha value is -2.87. The number of hydrogen-bond donors (Lipinski definition) is 0. The topological polar surface area (TPSA) is 76.2 Å². The average molecular weight is 282 g/mol. The molecule has 0 spiro atoms. The van der Waals surface area contributed by atoms with Crippen molar-refractivity contribution in [1.82, 2.24) is 0 Å². The first-order valence-corrected chi connectivity index (χ1v) is 6.32. The van der Waals surface area contributed by atoms with Crippen LogP contribution in [0.4, 0.5) is 5.69 Å². The number of nitrogens with zero attached hydrogens (tertiary/aromatic N) is 2. The Balaban J connectivity index is 2.64. The van der Waals surface area contributed by atoms with Crippen molar-refractivity contribution in [3.05, 3.63) is 57.1 Å². The van der Waals surface area contributed by atoms with E-state index in [9.17, 15) is 15.4 Å². The van der Waals surface area contributed by atoms with Gasteiger partial charge in [-0.15, -0.1) is 0 Å². The van der Waals surface area contributed by atoms with E-state index in [1.165, 1.54) is 6.07 Å². The van der Waals surface area contributed by atoms with Crippen molar-refractivity contribution in [2.45, 2.75) is 13.8 Å². The van der Waals surface area contributed by atoms with Crippen LogP contribution >= 0.6 is 0 Å². The molecule has 21 heavy (non-hydrogen) atoms. The van der Waals surface area contributed by atoms with Gasteiger partial charge in [0.15, 0.2) is 0 Å². The molecule has 0 radical (unpaired) electrons. The predicted octanol–water partition coefficient (Wildman–Crippen LogP) is 3.76. The maximum absolute atomic E-state index is 11.0. The molecule has 2 rings (SSSR count). The lowest BCUT2D eigenvalue weighted by molar-refractivity contribution is -0.385. The number of ether oxygens (including phenoxy) is 1. The van der Waals surface area contributed by atoms with Gasteiger partial charge in [0, 0.05) is 17.2 Å². The number of methoxy groups -OCH3 is 1. The van der Waals surface area contributed by atoms with E-state index in [0.29, 0.717) is 11.1 Å². The molecule has 0 unspecified atom stereocenters. The molecular formula is C16H14N2O3. The summed E-state index contributed by atoms with van der Waals surface area (Å²) in [5, 5.41) is 20.2. The van der Waals surface area contributed by atoms with Crippen LogP contribution in [0.5, 0.6) is 5.75 Å². The van der Waals surface area contributed by atoms with E-state index in [-0.39, 0.29) is 11.3 Å². The van der Waals surface area contributed by atoms with Gasteiger partial charge in [-0.2, -0.15) is 5.26 Å². The smallest absolute Gasteiger partial charge is 0.273 e. The van der Waals surface area contributed by atoms with Crippen LogP contribution in [0.1, 0.15) is 16.7 Å². The van der Waals surface area contributed by atoms with Gasteiger partial charge >= 0.3 is 0 Å². The van der Waals surface area contributed by atoms with Crippen molar-refractivity contribution in [3.8, 4) is 22.9 Å². The Bertz CT molecular complexity index is 761. The van der Waals surface area contributed by atoms with E-state index in [1.807, 2.05) is 31.2 Å². The molecule has 2 aromatic carbocycles. The molecule has 0 aliphatic heterocycles. The highest BCUT2D eigenvalue weighted by atomic mass is 16.6. The third-order valence-corrected chi connectivity index (χ3v) is 3.36. The zero-order valence-electron chi connectivity index (χ0n) is 12.0. The minimum Gasteiger partial charge on any atom is -0.496 e. The van der Waals surface area contributed by atoms with Crippen LogP contribution < -0.4 is 4.74 Å². The Morgan fingerprint density at radius 2 is 1.90 bits per heavy atom. The van der Waals surface area contributed by atoms with E-state index in [4.69, 9.17) is 4.74 Å². The van der Waals surface area contributed by atoms with Gasteiger partial charge in [-0.25, -0.2) is 0 Å². The molecule has 106 valence electrons. The van der Waals surface area contributed by atoms with E-state index in [0.717, 1.165) is 16.9 Å². The fourth-order valence-electron chi connectivity index (χ4n) is 2.27.